The molecule has 0 aliphatic heterocycles. The lowest BCUT2D eigenvalue weighted by Crippen LogP contribution is -2.30. The molecule has 0 saturated carbocycles. The van der Waals surface area contributed by atoms with Gasteiger partial charge in [0.05, 0.1) is 17.8 Å². The van der Waals surface area contributed by atoms with Crippen molar-refractivity contribution in [1.29, 1.82) is 0 Å². The summed E-state index contributed by atoms with van der Waals surface area (Å²) in [6.45, 7) is 2.77. The minimum absolute atomic E-state index is 0.0458. The number of nitrogens with zero attached hydrogens (tertiary/aromatic N) is 3. The van der Waals surface area contributed by atoms with Gasteiger partial charge in [-0.25, -0.2) is 0 Å². The first-order valence-electron chi connectivity index (χ1n) is 11.4. The molecule has 1 atom stereocenters. The highest BCUT2D eigenvalue weighted by Gasteiger charge is 2.25. The average molecular weight is 450 g/mol. The molecule has 5 rings (SSSR count). The van der Waals surface area contributed by atoms with E-state index in [4.69, 9.17) is 0 Å². The molecule has 0 aliphatic carbocycles. The summed E-state index contributed by atoms with van der Waals surface area (Å²) in [6, 6.07) is 23.9. The summed E-state index contributed by atoms with van der Waals surface area (Å²) in [5, 5.41) is 16.0. The Balaban J connectivity index is 1.40. The first kappa shape index (κ1) is 21.8. The van der Waals surface area contributed by atoms with Gasteiger partial charge in [0.1, 0.15) is 5.69 Å². The van der Waals surface area contributed by atoms with Gasteiger partial charge in [0.2, 0.25) is 5.78 Å². The second-order valence-corrected chi connectivity index (χ2v) is 8.63. The van der Waals surface area contributed by atoms with Crippen LogP contribution < -0.4 is 5.32 Å². The van der Waals surface area contributed by atoms with Crippen LogP contribution in [-0.4, -0.2) is 32.3 Å². The normalized spacial score (nSPS) is 12.2. The molecular formula is C28H27N5O. The van der Waals surface area contributed by atoms with E-state index in [-0.39, 0.29) is 5.78 Å². The van der Waals surface area contributed by atoms with Gasteiger partial charge >= 0.3 is 0 Å². The van der Waals surface area contributed by atoms with Crippen molar-refractivity contribution >= 4 is 16.7 Å². The maximum atomic E-state index is 13.7. The number of H-pyrrole nitrogens is 1. The molecule has 0 radical (unpaired) electrons. The van der Waals surface area contributed by atoms with E-state index >= 15 is 0 Å². The molecule has 0 fully saturated rings. The van der Waals surface area contributed by atoms with Crippen LogP contribution in [0.25, 0.3) is 22.0 Å². The highest BCUT2D eigenvalue weighted by molar-refractivity contribution is 6.09. The topological polar surface area (TPSA) is 75.6 Å². The SMILES string of the molecule is Cc1ccc(CCN[C@@H](C(=O)c2n[nH]c3cc(-c4cnn(C)c4)ccc23)c2ccccc2)cc1. The third kappa shape index (κ3) is 4.54. The summed E-state index contributed by atoms with van der Waals surface area (Å²) in [5.41, 5.74) is 6.74. The zero-order valence-electron chi connectivity index (χ0n) is 19.3. The van der Waals surface area contributed by atoms with Gasteiger partial charge in [-0.1, -0.05) is 66.2 Å². The third-order valence-corrected chi connectivity index (χ3v) is 6.11. The van der Waals surface area contributed by atoms with Crippen molar-refractivity contribution < 1.29 is 4.79 Å². The van der Waals surface area contributed by atoms with Gasteiger partial charge in [0.15, 0.2) is 0 Å². The molecule has 0 saturated heterocycles. The Morgan fingerprint density at radius 3 is 2.56 bits per heavy atom. The molecule has 6 nitrogen and oxygen atoms in total. The molecule has 170 valence electrons. The van der Waals surface area contributed by atoms with E-state index in [9.17, 15) is 4.79 Å². The van der Waals surface area contributed by atoms with E-state index < -0.39 is 6.04 Å². The summed E-state index contributed by atoms with van der Waals surface area (Å²) in [7, 11) is 1.89. The highest BCUT2D eigenvalue weighted by atomic mass is 16.1. The van der Waals surface area contributed by atoms with Gasteiger partial charge in [-0.15, -0.1) is 0 Å². The Bertz CT molecular complexity index is 1420. The number of rotatable bonds is 8. The molecule has 0 aliphatic rings. The molecule has 2 N–H and O–H groups in total. The predicted molar refractivity (Wildman–Crippen MR) is 135 cm³/mol. The van der Waals surface area contributed by atoms with E-state index in [2.05, 4.69) is 51.8 Å². The fourth-order valence-corrected chi connectivity index (χ4v) is 4.22. The van der Waals surface area contributed by atoms with Gasteiger partial charge in [0.25, 0.3) is 0 Å². The minimum atomic E-state index is -0.476. The molecule has 0 bridgehead atoms. The lowest BCUT2D eigenvalue weighted by molar-refractivity contribution is 0.0939. The van der Waals surface area contributed by atoms with Crippen LogP contribution in [0.15, 0.2) is 85.2 Å². The number of Topliss-reactive ketones (excluding diaryl/α,β-unsaturated/α-hetero) is 1. The molecule has 0 spiro atoms. The number of carbonyl (C=O) groups excluding carboxylic acids is 1. The van der Waals surface area contributed by atoms with Crippen molar-refractivity contribution in [2.75, 3.05) is 6.54 Å². The molecule has 3 aromatic carbocycles. The summed E-state index contributed by atoms with van der Waals surface area (Å²) in [6.07, 6.45) is 4.63. The van der Waals surface area contributed by atoms with E-state index in [1.54, 1.807) is 4.68 Å². The summed E-state index contributed by atoms with van der Waals surface area (Å²) < 4.78 is 1.77. The van der Waals surface area contributed by atoms with Crippen molar-refractivity contribution in [2.24, 2.45) is 7.05 Å². The number of ketones is 1. The summed E-state index contributed by atoms with van der Waals surface area (Å²) in [4.78, 5) is 13.7. The van der Waals surface area contributed by atoms with Gasteiger partial charge in [-0.05, 0) is 42.2 Å². The molecule has 2 aromatic heterocycles. The van der Waals surface area contributed by atoms with E-state index in [1.807, 2.05) is 68.0 Å². The van der Waals surface area contributed by atoms with Gasteiger partial charge < -0.3 is 5.32 Å². The molecule has 0 amide bonds. The quantitative estimate of drug-likeness (QED) is 0.326. The lowest BCUT2D eigenvalue weighted by Gasteiger charge is -2.17. The van der Waals surface area contributed by atoms with Crippen LogP contribution in [0, 0.1) is 6.92 Å². The average Bonchev–Trinajstić information content (AvgIpc) is 3.49. The number of carbonyl (C=O) groups is 1. The number of aromatic amines is 1. The Hall–Kier alpha value is -4.03. The molecular weight excluding hydrogens is 422 g/mol. The number of aryl methyl sites for hydroxylation is 2. The van der Waals surface area contributed by atoms with Gasteiger partial charge in [-0.2, -0.15) is 10.2 Å². The minimum Gasteiger partial charge on any atom is -0.303 e. The Morgan fingerprint density at radius 2 is 1.82 bits per heavy atom. The van der Waals surface area contributed by atoms with Crippen LogP contribution >= 0.6 is 0 Å². The predicted octanol–water partition coefficient (Wildman–Crippen LogP) is 5.03. The second-order valence-electron chi connectivity index (χ2n) is 8.63. The first-order chi connectivity index (χ1) is 16.6. The monoisotopic (exact) mass is 449 g/mol. The molecule has 5 aromatic rings. The largest absolute Gasteiger partial charge is 0.303 e. The number of hydrogen-bond donors (Lipinski definition) is 2. The fraction of sp³-hybridized carbons (Fsp3) is 0.179. The van der Waals surface area contributed by atoms with Gasteiger partial charge in [-0.3, -0.25) is 14.6 Å². The van der Waals surface area contributed by atoms with Crippen LogP contribution in [0.4, 0.5) is 0 Å². The first-order valence-corrected chi connectivity index (χ1v) is 11.4. The van der Waals surface area contributed by atoms with Crippen molar-refractivity contribution in [2.45, 2.75) is 19.4 Å². The summed E-state index contributed by atoms with van der Waals surface area (Å²) in [5.74, 6) is -0.0458. The van der Waals surface area contributed by atoms with E-state index in [0.717, 1.165) is 34.0 Å². The van der Waals surface area contributed by atoms with Gasteiger partial charge in [0, 0.05) is 30.7 Å². The Labute approximate surface area is 198 Å². The number of hydrogen-bond acceptors (Lipinski definition) is 4. The second kappa shape index (κ2) is 9.45. The number of nitrogens with one attached hydrogen (secondary N) is 2. The molecule has 34 heavy (non-hydrogen) atoms. The fourth-order valence-electron chi connectivity index (χ4n) is 4.22. The Kier molecular flexibility index (Phi) is 6.06. The van der Waals surface area contributed by atoms with Crippen LogP contribution in [0.1, 0.15) is 33.2 Å². The lowest BCUT2D eigenvalue weighted by atomic mass is 9.98. The summed E-state index contributed by atoms with van der Waals surface area (Å²) >= 11 is 0. The maximum Gasteiger partial charge on any atom is 0.205 e. The maximum absolute atomic E-state index is 13.7. The molecule has 0 unspecified atom stereocenters. The standard InChI is InChI=1S/C28H27N5O/c1-19-8-10-20(11-9-19)14-15-29-26(21-6-4-3-5-7-21)28(34)27-24-13-12-22(16-25(24)31-32-27)23-17-30-33(2)18-23/h3-13,16-18,26,29H,14-15H2,1-2H3,(H,31,32)/t26-/m1/s1. The number of fused-ring (bicyclic) bond motifs is 1. The van der Waals surface area contributed by atoms with Crippen molar-refractivity contribution in [3.05, 3.63) is 108 Å². The van der Waals surface area contributed by atoms with Crippen LogP contribution in [-0.2, 0) is 13.5 Å². The zero-order valence-corrected chi connectivity index (χ0v) is 19.3. The number of aromatic nitrogens is 4. The molecule has 2 heterocycles. The zero-order chi connectivity index (χ0) is 23.5. The Morgan fingerprint density at radius 1 is 1.03 bits per heavy atom. The highest BCUT2D eigenvalue weighted by Crippen LogP contribution is 2.27. The van der Waals surface area contributed by atoms with Crippen LogP contribution in [0.3, 0.4) is 0 Å². The number of benzene rings is 3. The third-order valence-electron chi connectivity index (χ3n) is 6.11. The smallest absolute Gasteiger partial charge is 0.205 e. The van der Waals surface area contributed by atoms with E-state index in [1.165, 1.54) is 11.1 Å². The van der Waals surface area contributed by atoms with Crippen molar-refractivity contribution in [3.63, 3.8) is 0 Å². The molecule has 6 heteroatoms. The van der Waals surface area contributed by atoms with Crippen LogP contribution in [0.5, 0.6) is 0 Å². The van der Waals surface area contributed by atoms with Crippen LogP contribution in [0.2, 0.25) is 0 Å². The van der Waals surface area contributed by atoms with Crippen molar-refractivity contribution in [3.8, 4) is 11.1 Å². The van der Waals surface area contributed by atoms with E-state index in [0.29, 0.717) is 12.2 Å². The van der Waals surface area contributed by atoms with Crippen molar-refractivity contribution in [1.82, 2.24) is 25.3 Å².